The number of nitrogens with two attached hydrogens (primary N) is 1. The molecule has 0 fully saturated rings. The molecular weight excluding hydrogens is 354 g/mol. The molecule has 26 heavy (non-hydrogen) atoms. The molecule has 4 N–H and O–H groups in total. The van der Waals surface area contributed by atoms with Crippen molar-refractivity contribution in [2.24, 2.45) is 5.14 Å². The fourth-order valence-electron chi connectivity index (χ4n) is 2.46. The SMILES string of the molecule is COc1cccc(C[NH+](C)[C@H](C)C(=O)Nc2ccc(S(N)(=O)=O)cc2)c1. The van der Waals surface area contributed by atoms with Crippen molar-refractivity contribution in [3.05, 3.63) is 54.1 Å². The number of hydrogen-bond acceptors (Lipinski definition) is 4. The largest absolute Gasteiger partial charge is 0.497 e. The first-order chi connectivity index (χ1) is 12.2. The van der Waals surface area contributed by atoms with Gasteiger partial charge in [0.1, 0.15) is 12.3 Å². The van der Waals surface area contributed by atoms with Gasteiger partial charge in [0, 0.05) is 11.3 Å². The van der Waals surface area contributed by atoms with Crippen LogP contribution >= 0.6 is 0 Å². The lowest BCUT2D eigenvalue weighted by atomic mass is 10.1. The van der Waals surface area contributed by atoms with Crippen LogP contribution in [-0.4, -0.2) is 34.5 Å². The number of primary sulfonamides is 1. The van der Waals surface area contributed by atoms with Crippen LogP contribution in [0.3, 0.4) is 0 Å². The number of anilines is 1. The Balaban J connectivity index is 1.99. The van der Waals surface area contributed by atoms with Crippen molar-refractivity contribution >= 4 is 21.6 Å². The Labute approximate surface area is 153 Å². The van der Waals surface area contributed by atoms with Crippen LogP contribution < -0.4 is 20.1 Å². The number of amides is 1. The van der Waals surface area contributed by atoms with Gasteiger partial charge in [-0.2, -0.15) is 0 Å². The van der Waals surface area contributed by atoms with Crippen molar-refractivity contribution in [1.82, 2.24) is 0 Å². The van der Waals surface area contributed by atoms with E-state index in [1.165, 1.54) is 24.3 Å². The summed E-state index contributed by atoms with van der Waals surface area (Å²) in [4.78, 5) is 13.5. The highest BCUT2D eigenvalue weighted by molar-refractivity contribution is 7.89. The number of sulfonamides is 1. The van der Waals surface area contributed by atoms with Crippen molar-refractivity contribution in [2.45, 2.75) is 24.4 Å². The van der Waals surface area contributed by atoms with E-state index in [0.29, 0.717) is 12.2 Å². The molecular formula is C18H24N3O4S+. The van der Waals surface area contributed by atoms with Crippen molar-refractivity contribution in [3.8, 4) is 5.75 Å². The molecule has 2 atom stereocenters. The standard InChI is InChI=1S/C18H23N3O4S/c1-13(21(2)12-14-5-4-6-16(11-14)25-3)18(22)20-15-7-9-17(10-8-15)26(19,23)24/h4-11,13H,12H2,1-3H3,(H,20,22)(H2,19,23,24)/p+1/t13-/m1/s1. The summed E-state index contributed by atoms with van der Waals surface area (Å²) in [6.07, 6.45) is 0. The molecule has 1 unspecified atom stereocenters. The normalized spacial score (nSPS) is 13.7. The molecule has 2 aromatic rings. The highest BCUT2D eigenvalue weighted by Crippen LogP contribution is 2.13. The van der Waals surface area contributed by atoms with Crippen LogP contribution in [0, 0.1) is 0 Å². The zero-order valence-corrected chi connectivity index (χ0v) is 15.8. The zero-order valence-electron chi connectivity index (χ0n) is 15.0. The summed E-state index contributed by atoms with van der Waals surface area (Å²) >= 11 is 0. The number of carbonyl (C=O) groups excluding carboxylic acids is 1. The summed E-state index contributed by atoms with van der Waals surface area (Å²) in [6.45, 7) is 2.50. The molecule has 1 amide bonds. The van der Waals surface area contributed by atoms with Crippen LogP contribution in [0.25, 0.3) is 0 Å². The topological polar surface area (TPSA) is 103 Å². The smallest absolute Gasteiger partial charge is 0.282 e. The molecule has 2 aromatic carbocycles. The second-order valence-corrected chi connectivity index (χ2v) is 7.72. The van der Waals surface area contributed by atoms with Crippen LogP contribution in [0.2, 0.25) is 0 Å². The molecule has 0 spiro atoms. The Kier molecular flexibility index (Phi) is 6.36. The number of quaternary nitrogens is 1. The van der Waals surface area contributed by atoms with E-state index in [9.17, 15) is 13.2 Å². The first-order valence-electron chi connectivity index (χ1n) is 8.09. The summed E-state index contributed by atoms with van der Waals surface area (Å²) in [5, 5.41) is 7.85. The molecule has 0 saturated carbocycles. The molecule has 7 nitrogen and oxygen atoms in total. The van der Waals surface area contributed by atoms with Gasteiger partial charge in [0.05, 0.1) is 19.1 Å². The van der Waals surface area contributed by atoms with Gasteiger partial charge < -0.3 is 15.0 Å². The van der Waals surface area contributed by atoms with E-state index in [2.05, 4.69) is 5.32 Å². The monoisotopic (exact) mass is 378 g/mol. The summed E-state index contributed by atoms with van der Waals surface area (Å²) in [5.74, 6) is 0.621. The van der Waals surface area contributed by atoms with E-state index >= 15 is 0 Å². The van der Waals surface area contributed by atoms with Crippen molar-refractivity contribution < 1.29 is 22.8 Å². The molecule has 0 saturated heterocycles. The van der Waals surface area contributed by atoms with Gasteiger partial charge in [-0.15, -0.1) is 0 Å². The number of hydrogen-bond donors (Lipinski definition) is 3. The van der Waals surface area contributed by atoms with Crippen LogP contribution in [0.1, 0.15) is 12.5 Å². The third-order valence-electron chi connectivity index (χ3n) is 4.20. The lowest BCUT2D eigenvalue weighted by Gasteiger charge is -2.21. The molecule has 0 aliphatic carbocycles. The summed E-state index contributed by atoms with van der Waals surface area (Å²) in [5.41, 5.74) is 1.59. The lowest BCUT2D eigenvalue weighted by molar-refractivity contribution is -0.907. The highest BCUT2D eigenvalue weighted by atomic mass is 32.2. The number of carbonyl (C=O) groups is 1. The maximum atomic E-state index is 12.4. The average Bonchev–Trinajstić information content (AvgIpc) is 2.60. The molecule has 8 heteroatoms. The number of methoxy groups -OCH3 is 1. The van der Waals surface area contributed by atoms with Crippen molar-refractivity contribution in [3.63, 3.8) is 0 Å². The fraction of sp³-hybridized carbons (Fsp3) is 0.278. The molecule has 0 radical (unpaired) electrons. The van der Waals surface area contributed by atoms with Gasteiger partial charge in [-0.25, -0.2) is 13.6 Å². The van der Waals surface area contributed by atoms with Gasteiger partial charge >= 0.3 is 0 Å². The van der Waals surface area contributed by atoms with Gasteiger partial charge in [-0.3, -0.25) is 4.79 Å². The van der Waals surface area contributed by atoms with Gasteiger partial charge in [0.2, 0.25) is 10.0 Å². The quantitative estimate of drug-likeness (QED) is 0.648. The molecule has 0 heterocycles. The van der Waals surface area contributed by atoms with Gasteiger partial charge in [0.15, 0.2) is 6.04 Å². The van der Waals surface area contributed by atoms with Crippen LogP contribution in [-0.2, 0) is 21.4 Å². The number of rotatable bonds is 7. The Morgan fingerprint density at radius 3 is 2.46 bits per heavy atom. The molecule has 0 aliphatic heterocycles. The average molecular weight is 378 g/mol. The third-order valence-corrected chi connectivity index (χ3v) is 5.13. The maximum Gasteiger partial charge on any atom is 0.282 e. The van der Waals surface area contributed by atoms with E-state index < -0.39 is 10.0 Å². The minimum absolute atomic E-state index is 0.00400. The molecule has 0 aliphatic rings. The Hall–Kier alpha value is -2.42. The summed E-state index contributed by atoms with van der Waals surface area (Å²) in [6, 6.07) is 13.2. The fourth-order valence-corrected chi connectivity index (χ4v) is 2.98. The molecule has 140 valence electrons. The van der Waals surface area contributed by atoms with Crippen LogP contribution in [0.4, 0.5) is 5.69 Å². The third kappa shape index (κ3) is 5.29. The highest BCUT2D eigenvalue weighted by Gasteiger charge is 2.22. The second-order valence-electron chi connectivity index (χ2n) is 6.15. The minimum atomic E-state index is -3.75. The lowest BCUT2D eigenvalue weighted by Crippen LogP contribution is -3.12. The van der Waals surface area contributed by atoms with Gasteiger partial charge in [-0.1, -0.05) is 12.1 Å². The number of likely N-dealkylation sites (N-methyl/N-ethyl adjacent to an activating group) is 1. The van der Waals surface area contributed by atoms with Gasteiger partial charge in [0.25, 0.3) is 5.91 Å². The first kappa shape index (κ1) is 19.9. The second kappa shape index (κ2) is 8.31. The number of ether oxygens (including phenoxy) is 1. The minimum Gasteiger partial charge on any atom is -0.497 e. The Morgan fingerprint density at radius 2 is 1.88 bits per heavy atom. The van der Waals surface area contributed by atoms with E-state index in [1.807, 2.05) is 38.2 Å². The van der Waals surface area contributed by atoms with Crippen LogP contribution in [0.5, 0.6) is 5.75 Å². The van der Waals surface area contributed by atoms with E-state index in [4.69, 9.17) is 9.88 Å². The number of nitrogens with one attached hydrogen (secondary N) is 2. The molecule has 0 aromatic heterocycles. The predicted octanol–water partition coefficient (Wildman–Crippen LogP) is 0.385. The zero-order chi connectivity index (χ0) is 19.3. The van der Waals surface area contributed by atoms with Crippen molar-refractivity contribution in [2.75, 3.05) is 19.5 Å². The summed E-state index contributed by atoms with van der Waals surface area (Å²) < 4.78 is 27.7. The molecule has 2 rings (SSSR count). The first-order valence-corrected chi connectivity index (χ1v) is 9.64. The maximum absolute atomic E-state index is 12.4. The van der Waals surface area contributed by atoms with E-state index in [0.717, 1.165) is 16.2 Å². The Bertz CT molecular complexity index is 866. The molecule has 0 bridgehead atoms. The van der Waals surface area contributed by atoms with Crippen LogP contribution in [0.15, 0.2) is 53.4 Å². The predicted molar refractivity (Wildman–Crippen MR) is 99.5 cm³/mol. The summed E-state index contributed by atoms with van der Waals surface area (Å²) in [7, 11) is -0.189. The number of benzene rings is 2. The van der Waals surface area contributed by atoms with Gasteiger partial charge in [-0.05, 0) is 43.3 Å². The van der Waals surface area contributed by atoms with E-state index in [1.54, 1.807) is 7.11 Å². The van der Waals surface area contributed by atoms with Crippen molar-refractivity contribution in [1.29, 1.82) is 0 Å². The van der Waals surface area contributed by atoms with E-state index in [-0.39, 0.29) is 16.8 Å². The Morgan fingerprint density at radius 1 is 1.23 bits per heavy atom.